The number of aliphatic carboxylic acids is 1. The Morgan fingerprint density at radius 3 is 2.30 bits per heavy atom. The van der Waals surface area contributed by atoms with E-state index in [0.29, 0.717) is 0 Å². The Balaban J connectivity index is 2.06. The fraction of sp³-hybridized carbons (Fsp3) is 0.263. The SMILES string of the molecule is CC(C)(C)c1cc(-c2ncn(/C=C(/C(=O)O)c3cncnc3)n2)cc(C(F)(F)F)n1. The molecule has 0 amide bonds. The quantitative estimate of drug-likeness (QED) is 0.646. The molecule has 0 spiro atoms. The first-order valence-corrected chi connectivity index (χ1v) is 8.67. The normalized spacial score (nSPS) is 12.8. The summed E-state index contributed by atoms with van der Waals surface area (Å²) in [4.78, 5) is 26.9. The van der Waals surface area contributed by atoms with E-state index in [2.05, 4.69) is 25.0 Å². The van der Waals surface area contributed by atoms with Crippen molar-refractivity contribution in [1.82, 2.24) is 29.7 Å². The summed E-state index contributed by atoms with van der Waals surface area (Å²) >= 11 is 0. The van der Waals surface area contributed by atoms with Crippen molar-refractivity contribution < 1.29 is 23.1 Å². The number of rotatable bonds is 4. The molecule has 30 heavy (non-hydrogen) atoms. The molecule has 0 aliphatic carbocycles. The maximum absolute atomic E-state index is 13.3. The van der Waals surface area contributed by atoms with Gasteiger partial charge in [0.25, 0.3) is 0 Å². The second kappa shape index (κ2) is 7.65. The molecule has 3 aromatic rings. The topological polar surface area (TPSA) is 107 Å². The van der Waals surface area contributed by atoms with E-state index in [0.717, 1.165) is 10.7 Å². The smallest absolute Gasteiger partial charge is 0.433 e. The molecule has 0 fully saturated rings. The summed E-state index contributed by atoms with van der Waals surface area (Å²) in [7, 11) is 0. The first-order chi connectivity index (χ1) is 13.9. The third-order valence-electron chi connectivity index (χ3n) is 4.01. The lowest BCUT2D eigenvalue weighted by molar-refractivity contribution is -0.141. The molecule has 0 radical (unpaired) electrons. The number of hydrogen-bond donors (Lipinski definition) is 1. The first kappa shape index (κ1) is 21.1. The van der Waals surface area contributed by atoms with Gasteiger partial charge in [0.1, 0.15) is 18.3 Å². The summed E-state index contributed by atoms with van der Waals surface area (Å²) in [6, 6.07) is 2.35. The summed E-state index contributed by atoms with van der Waals surface area (Å²) in [6.45, 7) is 5.24. The predicted octanol–water partition coefficient (Wildman–Crippen LogP) is 3.53. The van der Waals surface area contributed by atoms with E-state index in [4.69, 9.17) is 0 Å². The van der Waals surface area contributed by atoms with Crippen LogP contribution >= 0.6 is 0 Å². The zero-order chi connectivity index (χ0) is 22.1. The Morgan fingerprint density at radius 1 is 1.10 bits per heavy atom. The lowest BCUT2D eigenvalue weighted by Gasteiger charge is -2.20. The minimum absolute atomic E-state index is 0.00120. The number of halogens is 3. The zero-order valence-corrected chi connectivity index (χ0v) is 16.2. The van der Waals surface area contributed by atoms with E-state index in [1.165, 1.54) is 37.3 Å². The second-order valence-corrected chi connectivity index (χ2v) is 7.40. The lowest BCUT2D eigenvalue weighted by atomic mass is 9.90. The van der Waals surface area contributed by atoms with Crippen LogP contribution in [0, 0.1) is 0 Å². The summed E-state index contributed by atoms with van der Waals surface area (Å²) < 4.78 is 41.0. The van der Waals surface area contributed by atoms with Gasteiger partial charge in [-0.05, 0) is 12.1 Å². The molecule has 0 aromatic carbocycles. The molecule has 0 unspecified atom stereocenters. The number of carboxylic acids is 1. The van der Waals surface area contributed by atoms with Crippen LogP contribution in [-0.2, 0) is 16.4 Å². The first-order valence-electron chi connectivity index (χ1n) is 8.67. The van der Waals surface area contributed by atoms with Gasteiger partial charge in [-0.25, -0.2) is 29.4 Å². The van der Waals surface area contributed by atoms with Gasteiger partial charge in [-0.2, -0.15) is 13.2 Å². The minimum Gasteiger partial charge on any atom is -0.478 e. The van der Waals surface area contributed by atoms with Crippen molar-refractivity contribution in [2.24, 2.45) is 0 Å². The highest BCUT2D eigenvalue weighted by Gasteiger charge is 2.34. The standard InChI is InChI=1S/C19H17F3N6O2/c1-18(2,3)14-4-11(5-15(26-14)19(20,21)22)16-25-10-28(27-16)8-13(17(29)30)12-6-23-9-24-7-12/h4-10H,1-3H3,(H,29,30)/b13-8+. The van der Waals surface area contributed by atoms with E-state index in [9.17, 15) is 23.1 Å². The van der Waals surface area contributed by atoms with E-state index in [1.54, 1.807) is 20.8 Å². The third-order valence-corrected chi connectivity index (χ3v) is 4.01. The van der Waals surface area contributed by atoms with Crippen molar-refractivity contribution in [3.8, 4) is 11.4 Å². The van der Waals surface area contributed by atoms with Crippen LogP contribution in [0.1, 0.15) is 37.7 Å². The fourth-order valence-corrected chi connectivity index (χ4v) is 2.48. The maximum Gasteiger partial charge on any atom is 0.433 e. The van der Waals surface area contributed by atoms with Gasteiger partial charge in [0.15, 0.2) is 5.82 Å². The average Bonchev–Trinajstić information content (AvgIpc) is 3.13. The van der Waals surface area contributed by atoms with E-state index in [-0.39, 0.29) is 28.2 Å². The predicted molar refractivity (Wildman–Crippen MR) is 101 cm³/mol. The van der Waals surface area contributed by atoms with Crippen molar-refractivity contribution in [3.05, 3.63) is 54.1 Å². The Bertz CT molecular complexity index is 1070. The van der Waals surface area contributed by atoms with Crippen LogP contribution in [0.4, 0.5) is 13.2 Å². The van der Waals surface area contributed by atoms with Crippen LogP contribution in [0.15, 0.2) is 37.2 Å². The molecular formula is C19H17F3N6O2. The third kappa shape index (κ3) is 4.67. The molecule has 156 valence electrons. The van der Waals surface area contributed by atoms with Gasteiger partial charge < -0.3 is 5.11 Å². The molecule has 0 saturated carbocycles. The van der Waals surface area contributed by atoms with Crippen LogP contribution in [0.5, 0.6) is 0 Å². The van der Waals surface area contributed by atoms with E-state index in [1.807, 2.05) is 0 Å². The Kier molecular flexibility index (Phi) is 5.38. The molecule has 8 nitrogen and oxygen atoms in total. The van der Waals surface area contributed by atoms with Gasteiger partial charge in [-0.3, -0.25) is 0 Å². The van der Waals surface area contributed by atoms with Crippen molar-refractivity contribution in [2.45, 2.75) is 32.4 Å². The highest BCUT2D eigenvalue weighted by molar-refractivity contribution is 6.18. The summed E-state index contributed by atoms with van der Waals surface area (Å²) in [5.74, 6) is -1.25. The molecule has 11 heteroatoms. The Hall–Kier alpha value is -3.63. The largest absolute Gasteiger partial charge is 0.478 e. The average molecular weight is 418 g/mol. The highest BCUT2D eigenvalue weighted by atomic mass is 19.4. The van der Waals surface area contributed by atoms with Crippen molar-refractivity contribution in [2.75, 3.05) is 0 Å². The summed E-state index contributed by atoms with van der Waals surface area (Å²) in [5, 5.41) is 13.5. The van der Waals surface area contributed by atoms with Gasteiger partial charge >= 0.3 is 12.1 Å². The second-order valence-electron chi connectivity index (χ2n) is 7.40. The lowest BCUT2D eigenvalue weighted by Crippen LogP contribution is -2.18. The molecule has 0 atom stereocenters. The van der Waals surface area contributed by atoms with Crippen LogP contribution in [0.3, 0.4) is 0 Å². The molecule has 0 bridgehead atoms. The molecule has 0 aliphatic heterocycles. The summed E-state index contributed by atoms with van der Waals surface area (Å²) in [5.41, 5.74) is -1.26. The van der Waals surface area contributed by atoms with Crippen molar-refractivity contribution >= 4 is 17.7 Å². The molecule has 1 N–H and O–H groups in total. The van der Waals surface area contributed by atoms with Crippen molar-refractivity contribution in [1.29, 1.82) is 0 Å². The van der Waals surface area contributed by atoms with Gasteiger partial charge in [0.05, 0.1) is 5.57 Å². The number of nitrogens with zero attached hydrogens (tertiary/aromatic N) is 6. The van der Waals surface area contributed by atoms with Crippen LogP contribution in [-0.4, -0.2) is 40.8 Å². The van der Waals surface area contributed by atoms with E-state index < -0.39 is 23.3 Å². The Labute approximate surface area is 169 Å². The molecule has 3 rings (SSSR count). The molecule has 3 aromatic heterocycles. The van der Waals surface area contributed by atoms with Gasteiger partial charge in [0, 0.05) is 40.8 Å². The monoisotopic (exact) mass is 418 g/mol. The molecule has 0 saturated heterocycles. The Morgan fingerprint density at radius 2 is 1.73 bits per heavy atom. The minimum atomic E-state index is -4.64. The number of aromatic nitrogens is 6. The fourth-order valence-electron chi connectivity index (χ4n) is 2.48. The number of alkyl halides is 3. The number of carboxylic acid groups (broad SMARTS) is 1. The maximum atomic E-state index is 13.3. The zero-order valence-electron chi connectivity index (χ0n) is 16.2. The number of hydrogen-bond acceptors (Lipinski definition) is 6. The van der Waals surface area contributed by atoms with E-state index >= 15 is 0 Å². The number of carbonyl (C=O) groups is 1. The van der Waals surface area contributed by atoms with Gasteiger partial charge in [-0.1, -0.05) is 20.8 Å². The highest BCUT2D eigenvalue weighted by Crippen LogP contribution is 2.33. The van der Waals surface area contributed by atoms with Crippen LogP contribution in [0.2, 0.25) is 0 Å². The van der Waals surface area contributed by atoms with Crippen LogP contribution in [0.25, 0.3) is 23.2 Å². The molecule has 0 aliphatic rings. The number of pyridine rings is 1. The summed E-state index contributed by atoms with van der Waals surface area (Å²) in [6.07, 6.45) is 1.63. The van der Waals surface area contributed by atoms with Gasteiger partial charge in [-0.15, -0.1) is 5.10 Å². The molecular weight excluding hydrogens is 401 g/mol. The van der Waals surface area contributed by atoms with Gasteiger partial charge in [0.2, 0.25) is 0 Å². The van der Waals surface area contributed by atoms with Crippen molar-refractivity contribution in [3.63, 3.8) is 0 Å². The molecule has 3 heterocycles. The van der Waals surface area contributed by atoms with Crippen LogP contribution < -0.4 is 0 Å².